The van der Waals surface area contributed by atoms with E-state index in [9.17, 15) is 4.79 Å². The number of benzene rings is 1. The van der Waals surface area contributed by atoms with Gasteiger partial charge >= 0.3 is 0 Å². The molecule has 4 rings (SSSR count). The minimum Gasteiger partial charge on any atom is -0.297 e. The predicted molar refractivity (Wildman–Crippen MR) is 84.3 cm³/mol. The molecule has 1 aliphatic carbocycles. The van der Waals surface area contributed by atoms with Gasteiger partial charge in [0.15, 0.2) is 0 Å². The highest BCUT2D eigenvalue weighted by molar-refractivity contribution is 5.77. The molecule has 0 radical (unpaired) electrons. The van der Waals surface area contributed by atoms with Crippen molar-refractivity contribution in [2.24, 2.45) is 0 Å². The standard InChI is InChI=1S/C17H19N3O/c1-11(2)16-18-13-8-4-3-7-12(13)17(21)20(16)19-14-9-5-6-10-15(14)19/h3-8,11,14-15H,9-10H2,1-2H3. The molecule has 1 fully saturated rings. The molecule has 108 valence electrons. The SMILES string of the molecule is CC(C)c1nc2ccccc2c(=O)n1N1C2CC=CCC21. The molecule has 4 heteroatoms. The molecule has 2 heterocycles. The molecule has 2 aromatic rings. The summed E-state index contributed by atoms with van der Waals surface area (Å²) in [4.78, 5) is 17.7. The fourth-order valence-corrected chi connectivity index (χ4v) is 3.36. The smallest absolute Gasteiger partial charge is 0.280 e. The summed E-state index contributed by atoms with van der Waals surface area (Å²) >= 11 is 0. The van der Waals surface area contributed by atoms with Gasteiger partial charge in [0.25, 0.3) is 5.56 Å². The van der Waals surface area contributed by atoms with Gasteiger partial charge in [0.05, 0.1) is 23.0 Å². The summed E-state index contributed by atoms with van der Waals surface area (Å²) in [7, 11) is 0. The third kappa shape index (κ3) is 1.82. The lowest BCUT2D eigenvalue weighted by Gasteiger charge is -2.18. The van der Waals surface area contributed by atoms with Crippen molar-refractivity contribution in [2.45, 2.75) is 44.7 Å². The van der Waals surface area contributed by atoms with Crippen LogP contribution in [-0.2, 0) is 0 Å². The lowest BCUT2D eigenvalue weighted by molar-refractivity contribution is 0.627. The van der Waals surface area contributed by atoms with Crippen LogP contribution < -0.4 is 10.6 Å². The van der Waals surface area contributed by atoms with Gasteiger partial charge in [0, 0.05) is 5.92 Å². The zero-order chi connectivity index (χ0) is 14.6. The van der Waals surface area contributed by atoms with Crippen LogP contribution in [0.25, 0.3) is 10.9 Å². The summed E-state index contributed by atoms with van der Waals surface area (Å²) < 4.78 is 1.84. The average Bonchev–Trinajstić information content (AvgIpc) is 3.21. The third-order valence-corrected chi connectivity index (χ3v) is 4.48. The largest absolute Gasteiger partial charge is 0.297 e. The molecule has 0 saturated carbocycles. The second-order valence-corrected chi connectivity index (χ2v) is 6.22. The normalized spacial score (nSPS) is 23.7. The Morgan fingerprint density at radius 1 is 1.14 bits per heavy atom. The molecule has 1 aliphatic heterocycles. The van der Waals surface area contributed by atoms with E-state index in [1.54, 1.807) is 0 Å². The van der Waals surface area contributed by atoms with Gasteiger partial charge in [-0.2, -0.15) is 0 Å². The van der Waals surface area contributed by atoms with Gasteiger partial charge in [0.1, 0.15) is 5.82 Å². The predicted octanol–water partition coefficient (Wildman–Crippen LogP) is 2.56. The monoisotopic (exact) mass is 281 g/mol. The van der Waals surface area contributed by atoms with Gasteiger partial charge in [-0.1, -0.05) is 38.1 Å². The third-order valence-electron chi connectivity index (χ3n) is 4.48. The minimum atomic E-state index is 0.0682. The number of fused-ring (bicyclic) bond motifs is 2. The average molecular weight is 281 g/mol. The van der Waals surface area contributed by atoms with Gasteiger partial charge in [-0.25, -0.2) is 9.66 Å². The Morgan fingerprint density at radius 3 is 2.48 bits per heavy atom. The number of rotatable bonds is 2. The molecule has 2 atom stereocenters. The molecule has 0 spiro atoms. The van der Waals surface area contributed by atoms with Crippen LogP contribution in [0.4, 0.5) is 0 Å². The van der Waals surface area contributed by atoms with E-state index in [0.29, 0.717) is 17.5 Å². The molecule has 2 unspecified atom stereocenters. The summed E-state index contributed by atoms with van der Waals surface area (Å²) in [5, 5.41) is 2.93. The lowest BCUT2D eigenvalue weighted by Crippen LogP contribution is -2.35. The first-order chi connectivity index (χ1) is 10.2. The van der Waals surface area contributed by atoms with Crippen LogP contribution in [0.2, 0.25) is 0 Å². The number of nitrogens with zero attached hydrogens (tertiary/aromatic N) is 3. The zero-order valence-corrected chi connectivity index (χ0v) is 12.4. The first-order valence-electron chi connectivity index (χ1n) is 7.64. The topological polar surface area (TPSA) is 37.9 Å². The first kappa shape index (κ1) is 12.6. The molecule has 1 saturated heterocycles. The number of hydrogen-bond donors (Lipinski definition) is 0. The Morgan fingerprint density at radius 2 is 1.81 bits per heavy atom. The second-order valence-electron chi connectivity index (χ2n) is 6.22. The van der Waals surface area contributed by atoms with Gasteiger partial charge in [0.2, 0.25) is 0 Å². The summed E-state index contributed by atoms with van der Waals surface area (Å²) in [5.74, 6) is 1.09. The molecular formula is C17H19N3O. The van der Waals surface area contributed by atoms with Crippen LogP contribution in [0.1, 0.15) is 38.4 Å². The molecular weight excluding hydrogens is 262 g/mol. The molecule has 0 bridgehead atoms. The molecule has 0 N–H and O–H groups in total. The van der Waals surface area contributed by atoms with Crippen LogP contribution >= 0.6 is 0 Å². The fourth-order valence-electron chi connectivity index (χ4n) is 3.36. The molecule has 21 heavy (non-hydrogen) atoms. The second kappa shape index (κ2) is 4.45. The van der Waals surface area contributed by atoms with Crippen molar-refractivity contribution in [1.29, 1.82) is 0 Å². The highest BCUT2D eigenvalue weighted by Gasteiger charge is 2.49. The summed E-state index contributed by atoms with van der Waals surface area (Å²) in [6.07, 6.45) is 6.49. The van der Waals surface area contributed by atoms with E-state index in [4.69, 9.17) is 4.98 Å². The summed E-state index contributed by atoms with van der Waals surface area (Å²) in [6, 6.07) is 8.56. The maximum atomic E-state index is 12.9. The molecule has 0 amide bonds. The van der Waals surface area contributed by atoms with Crippen molar-refractivity contribution >= 4 is 10.9 Å². The van der Waals surface area contributed by atoms with E-state index < -0.39 is 0 Å². The van der Waals surface area contributed by atoms with Crippen LogP contribution in [0.5, 0.6) is 0 Å². The van der Waals surface area contributed by atoms with E-state index in [-0.39, 0.29) is 11.5 Å². The summed E-state index contributed by atoms with van der Waals surface area (Å²) in [6.45, 7) is 4.19. The number of hydrogen-bond acceptors (Lipinski definition) is 3. The van der Waals surface area contributed by atoms with Crippen molar-refractivity contribution in [3.05, 3.63) is 52.6 Å². The van der Waals surface area contributed by atoms with Crippen LogP contribution in [-0.4, -0.2) is 21.7 Å². The minimum absolute atomic E-state index is 0.0682. The van der Waals surface area contributed by atoms with Crippen LogP contribution in [0.15, 0.2) is 41.2 Å². The van der Waals surface area contributed by atoms with E-state index >= 15 is 0 Å². The van der Waals surface area contributed by atoms with Crippen molar-refractivity contribution < 1.29 is 0 Å². The van der Waals surface area contributed by atoms with Gasteiger partial charge in [-0.15, -0.1) is 0 Å². The maximum absolute atomic E-state index is 12.9. The maximum Gasteiger partial charge on any atom is 0.280 e. The molecule has 2 aliphatic rings. The highest BCUT2D eigenvalue weighted by Crippen LogP contribution is 2.36. The Labute approximate surface area is 123 Å². The fraction of sp³-hybridized carbons (Fsp3) is 0.412. The molecule has 1 aromatic heterocycles. The lowest BCUT2D eigenvalue weighted by atomic mass is 10.1. The zero-order valence-electron chi connectivity index (χ0n) is 12.4. The van der Waals surface area contributed by atoms with E-state index in [1.165, 1.54) is 0 Å². The number of aromatic nitrogens is 2. The van der Waals surface area contributed by atoms with Crippen LogP contribution in [0.3, 0.4) is 0 Å². The Bertz CT molecular complexity index is 776. The quantitative estimate of drug-likeness (QED) is 0.627. The Hall–Kier alpha value is -2.10. The van der Waals surface area contributed by atoms with Crippen molar-refractivity contribution in [2.75, 3.05) is 5.01 Å². The summed E-state index contributed by atoms with van der Waals surface area (Å²) in [5.41, 5.74) is 0.865. The van der Waals surface area contributed by atoms with Crippen LogP contribution in [0, 0.1) is 0 Å². The van der Waals surface area contributed by atoms with Gasteiger partial charge in [-0.05, 0) is 25.0 Å². The van der Waals surface area contributed by atoms with E-state index in [0.717, 1.165) is 24.2 Å². The Kier molecular flexibility index (Phi) is 2.67. The highest BCUT2D eigenvalue weighted by atomic mass is 16.1. The number of para-hydroxylation sites is 1. The van der Waals surface area contributed by atoms with Crippen molar-refractivity contribution in [3.8, 4) is 0 Å². The van der Waals surface area contributed by atoms with E-state index in [2.05, 4.69) is 31.0 Å². The molecule has 4 nitrogen and oxygen atoms in total. The first-order valence-corrected chi connectivity index (χ1v) is 7.64. The Balaban J connectivity index is 1.93. The van der Waals surface area contributed by atoms with Gasteiger partial charge in [-0.3, -0.25) is 9.80 Å². The van der Waals surface area contributed by atoms with E-state index in [1.807, 2.05) is 28.9 Å². The van der Waals surface area contributed by atoms with Crippen molar-refractivity contribution in [3.63, 3.8) is 0 Å². The van der Waals surface area contributed by atoms with Gasteiger partial charge < -0.3 is 0 Å². The molecule has 1 aromatic carbocycles. The van der Waals surface area contributed by atoms with Crippen molar-refractivity contribution in [1.82, 2.24) is 9.66 Å².